The van der Waals surface area contributed by atoms with Crippen molar-refractivity contribution < 1.29 is 13.2 Å². The number of aryl methyl sites for hydroxylation is 1. The van der Waals surface area contributed by atoms with Crippen LogP contribution in [-0.4, -0.2) is 21.8 Å². The van der Waals surface area contributed by atoms with Crippen LogP contribution >= 0.6 is 11.3 Å². The van der Waals surface area contributed by atoms with Gasteiger partial charge in [-0.25, -0.2) is 8.42 Å². The van der Waals surface area contributed by atoms with Crippen molar-refractivity contribution in [1.82, 2.24) is 0 Å². The van der Waals surface area contributed by atoms with Gasteiger partial charge in [0, 0.05) is 26.8 Å². The van der Waals surface area contributed by atoms with Crippen LogP contribution in [0, 0.1) is 0 Å². The molecule has 1 aromatic heterocycles. The molecule has 0 fully saturated rings. The highest BCUT2D eigenvalue weighted by molar-refractivity contribution is 7.90. The molecule has 4 aromatic rings. The van der Waals surface area contributed by atoms with Crippen LogP contribution in [0.1, 0.15) is 18.9 Å². The molecule has 0 N–H and O–H groups in total. The van der Waals surface area contributed by atoms with Crippen molar-refractivity contribution >= 4 is 31.3 Å². The fourth-order valence-corrected chi connectivity index (χ4v) is 5.69. The highest BCUT2D eigenvalue weighted by atomic mass is 32.2. The minimum atomic E-state index is -3.30. The highest BCUT2D eigenvalue weighted by Crippen LogP contribution is 2.38. The summed E-state index contributed by atoms with van der Waals surface area (Å²) in [5.74, 6) is 0.812. The van der Waals surface area contributed by atoms with E-state index in [0.29, 0.717) is 10.9 Å². The Bertz CT molecular complexity index is 1450. The van der Waals surface area contributed by atoms with Crippen molar-refractivity contribution in [3.05, 3.63) is 82.5 Å². The molecule has 0 unspecified atom stereocenters. The first-order valence-electron chi connectivity index (χ1n) is 10.4. The molecule has 0 aliphatic carbocycles. The van der Waals surface area contributed by atoms with Gasteiger partial charge in [0.05, 0.1) is 12.0 Å². The number of hydrogen-bond donors (Lipinski definition) is 0. The van der Waals surface area contributed by atoms with Crippen LogP contribution in [0.5, 0.6) is 5.75 Å². The van der Waals surface area contributed by atoms with Crippen LogP contribution in [-0.2, 0) is 16.3 Å². The molecule has 4 nitrogen and oxygen atoms in total. The number of hydrogen-bond acceptors (Lipinski definition) is 5. The minimum Gasteiger partial charge on any atom is -0.496 e. The van der Waals surface area contributed by atoms with Gasteiger partial charge in [-0.2, -0.15) is 0 Å². The Morgan fingerprint density at radius 3 is 2.28 bits per heavy atom. The summed E-state index contributed by atoms with van der Waals surface area (Å²) in [5.41, 5.74) is 3.30. The van der Waals surface area contributed by atoms with E-state index in [2.05, 4.69) is 6.92 Å². The molecular weight excluding hydrogens is 440 g/mol. The molecule has 4 rings (SSSR count). The van der Waals surface area contributed by atoms with Gasteiger partial charge in [-0.05, 0) is 59.5 Å². The summed E-state index contributed by atoms with van der Waals surface area (Å²) in [6.45, 7) is 2.11. The Morgan fingerprint density at radius 2 is 1.62 bits per heavy atom. The van der Waals surface area contributed by atoms with Crippen molar-refractivity contribution in [3.8, 4) is 27.3 Å². The van der Waals surface area contributed by atoms with E-state index in [0.717, 1.165) is 44.9 Å². The van der Waals surface area contributed by atoms with E-state index in [9.17, 15) is 13.2 Å². The van der Waals surface area contributed by atoms with Crippen molar-refractivity contribution in [2.45, 2.75) is 24.7 Å². The Labute approximate surface area is 192 Å². The molecule has 6 heteroatoms. The van der Waals surface area contributed by atoms with Gasteiger partial charge in [0.1, 0.15) is 5.75 Å². The molecule has 0 bridgehead atoms. The quantitative estimate of drug-likeness (QED) is 0.353. The summed E-state index contributed by atoms with van der Waals surface area (Å²) < 4.78 is 30.2. The fourth-order valence-electron chi connectivity index (χ4n) is 3.86. The average Bonchev–Trinajstić information content (AvgIpc) is 2.79. The van der Waals surface area contributed by atoms with Crippen LogP contribution < -0.4 is 10.2 Å². The summed E-state index contributed by atoms with van der Waals surface area (Å²) in [6.07, 6.45) is 3.00. The molecule has 0 amide bonds. The van der Waals surface area contributed by atoms with Gasteiger partial charge in [-0.3, -0.25) is 4.79 Å². The number of sulfone groups is 1. The second kappa shape index (κ2) is 8.88. The standard InChI is InChI=1S/C26H24O4S2/c1-4-7-18-16-19(12-15-22(18)30-2)24-25(27)21-8-5-6-9-23(21)31-26(24)17-10-13-20(14-11-17)32(3,28)29/h5-6,8-16H,4,7H2,1-3H3. The predicted octanol–water partition coefficient (Wildman–Crippen LogP) is 5.96. The first kappa shape index (κ1) is 22.2. The zero-order valence-corrected chi connectivity index (χ0v) is 19.8. The van der Waals surface area contributed by atoms with Gasteiger partial charge in [0.2, 0.25) is 0 Å². The summed E-state index contributed by atoms with van der Waals surface area (Å²) in [6, 6.07) is 20.2. The fraction of sp³-hybridized carbons (Fsp3) is 0.192. The van der Waals surface area contributed by atoms with Gasteiger partial charge in [-0.15, -0.1) is 11.3 Å². The van der Waals surface area contributed by atoms with Crippen LogP contribution in [0.25, 0.3) is 31.7 Å². The van der Waals surface area contributed by atoms with Crippen LogP contribution in [0.3, 0.4) is 0 Å². The van der Waals surface area contributed by atoms with E-state index in [1.807, 2.05) is 42.5 Å². The largest absolute Gasteiger partial charge is 0.496 e. The van der Waals surface area contributed by atoms with E-state index >= 15 is 0 Å². The molecule has 0 saturated heterocycles. The first-order valence-corrected chi connectivity index (χ1v) is 13.1. The maximum absolute atomic E-state index is 13.7. The van der Waals surface area contributed by atoms with E-state index in [1.54, 1.807) is 31.4 Å². The van der Waals surface area contributed by atoms with Crippen LogP contribution in [0.4, 0.5) is 0 Å². The zero-order valence-electron chi connectivity index (χ0n) is 18.2. The number of rotatable bonds is 6. The molecule has 0 atom stereocenters. The third-order valence-corrected chi connectivity index (χ3v) is 7.78. The van der Waals surface area contributed by atoms with E-state index in [4.69, 9.17) is 4.74 Å². The SMILES string of the molecule is CCCc1cc(-c2c(-c3ccc(S(C)(=O)=O)cc3)sc3ccccc3c2=O)ccc1OC. The molecular formula is C26H24O4S2. The summed E-state index contributed by atoms with van der Waals surface area (Å²) in [7, 11) is -1.65. The highest BCUT2D eigenvalue weighted by Gasteiger charge is 2.18. The number of methoxy groups -OCH3 is 1. The first-order chi connectivity index (χ1) is 15.3. The maximum atomic E-state index is 13.7. The minimum absolute atomic E-state index is 0.0332. The smallest absolute Gasteiger partial charge is 0.196 e. The van der Waals surface area contributed by atoms with E-state index in [-0.39, 0.29) is 10.3 Å². The van der Waals surface area contributed by atoms with Gasteiger partial charge in [0.15, 0.2) is 15.3 Å². The Morgan fingerprint density at radius 1 is 0.938 bits per heavy atom. The van der Waals surface area contributed by atoms with Crippen molar-refractivity contribution in [2.24, 2.45) is 0 Å². The Kier molecular flexibility index (Phi) is 6.17. The molecule has 3 aromatic carbocycles. The number of benzene rings is 3. The number of ether oxygens (including phenoxy) is 1. The Balaban J connectivity index is 2.01. The van der Waals surface area contributed by atoms with Crippen LogP contribution in [0.2, 0.25) is 0 Å². The predicted molar refractivity (Wildman–Crippen MR) is 133 cm³/mol. The summed E-state index contributed by atoms with van der Waals surface area (Å²) >= 11 is 1.54. The molecule has 0 radical (unpaired) electrons. The molecule has 1 heterocycles. The van der Waals surface area contributed by atoms with Gasteiger partial charge in [0.25, 0.3) is 0 Å². The molecule has 32 heavy (non-hydrogen) atoms. The van der Waals surface area contributed by atoms with Gasteiger partial charge < -0.3 is 4.74 Å². The van der Waals surface area contributed by atoms with Crippen molar-refractivity contribution in [1.29, 1.82) is 0 Å². The molecule has 0 aliphatic heterocycles. The monoisotopic (exact) mass is 464 g/mol. The lowest BCUT2D eigenvalue weighted by molar-refractivity contribution is 0.409. The Hall–Kier alpha value is -2.96. The second-order valence-electron chi connectivity index (χ2n) is 7.70. The molecule has 0 aliphatic rings. The lowest BCUT2D eigenvalue weighted by Gasteiger charge is -2.14. The van der Waals surface area contributed by atoms with Gasteiger partial charge >= 0.3 is 0 Å². The summed E-state index contributed by atoms with van der Waals surface area (Å²) in [5, 5.41) is 0.678. The van der Waals surface area contributed by atoms with Crippen LogP contribution in [0.15, 0.2) is 76.4 Å². The zero-order chi connectivity index (χ0) is 22.9. The third-order valence-electron chi connectivity index (χ3n) is 5.43. The average molecular weight is 465 g/mol. The second-order valence-corrected chi connectivity index (χ2v) is 10.8. The topological polar surface area (TPSA) is 60.4 Å². The molecule has 164 valence electrons. The van der Waals surface area contributed by atoms with Crippen molar-refractivity contribution in [3.63, 3.8) is 0 Å². The summed E-state index contributed by atoms with van der Waals surface area (Å²) in [4.78, 5) is 14.7. The maximum Gasteiger partial charge on any atom is 0.196 e. The molecule has 0 spiro atoms. The molecule has 0 saturated carbocycles. The lowest BCUT2D eigenvalue weighted by atomic mass is 9.97. The van der Waals surface area contributed by atoms with Crippen molar-refractivity contribution in [2.75, 3.05) is 13.4 Å². The third kappa shape index (κ3) is 4.20. The number of fused-ring (bicyclic) bond motifs is 1. The van der Waals surface area contributed by atoms with E-state index in [1.165, 1.54) is 17.6 Å². The normalized spacial score (nSPS) is 11.6. The lowest BCUT2D eigenvalue weighted by Crippen LogP contribution is -2.07. The van der Waals surface area contributed by atoms with E-state index < -0.39 is 9.84 Å². The van der Waals surface area contributed by atoms with Gasteiger partial charge in [-0.1, -0.05) is 43.7 Å².